The smallest absolute Gasteiger partial charge is 0.0406 e. The van der Waals surface area contributed by atoms with E-state index in [4.69, 9.17) is 0 Å². The van der Waals surface area contributed by atoms with E-state index in [1.807, 2.05) is 12.3 Å². The summed E-state index contributed by atoms with van der Waals surface area (Å²) in [5.74, 6) is 0. The number of aryl methyl sites for hydroxylation is 1. The molecule has 2 aliphatic heterocycles. The molecule has 2 nitrogen and oxygen atoms in total. The summed E-state index contributed by atoms with van der Waals surface area (Å²) < 4.78 is 0. The molecule has 1 fully saturated rings. The van der Waals surface area contributed by atoms with Crippen LogP contribution < -0.4 is 0 Å². The van der Waals surface area contributed by atoms with Gasteiger partial charge < -0.3 is 0 Å². The second-order valence-electron chi connectivity index (χ2n) is 7.16. The molecule has 2 atom stereocenters. The maximum Gasteiger partial charge on any atom is 0.0406 e. The van der Waals surface area contributed by atoms with E-state index in [1.165, 1.54) is 43.4 Å². The van der Waals surface area contributed by atoms with E-state index in [-0.39, 0.29) is 0 Å². The lowest BCUT2D eigenvalue weighted by molar-refractivity contribution is 0.0877. The van der Waals surface area contributed by atoms with Crippen molar-refractivity contribution < 1.29 is 0 Å². The molecule has 2 bridgehead atoms. The van der Waals surface area contributed by atoms with E-state index in [0.717, 1.165) is 19.0 Å². The third kappa shape index (κ3) is 3.59. The zero-order valence-corrected chi connectivity index (χ0v) is 14.3. The molecule has 0 amide bonds. The van der Waals surface area contributed by atoms with Gasteiger partial charge in [0.05, 0.1) is 0 Å². The minimum Gasteiger partial charge on any atom is -0.289 e. The van der Waals surface area contributed by atoms with E-state index < -0.39 is 0 Å². The Bertz CT molecular complexity index is 678. The first-order chi connectivity index (χ1) is 11.9. The highest BCUT2D eigenvalue weighted by atomic mass is 15.2. The molecule has 2 unspecified atom stereocenters. The van der Waals surface area contributed by atoms with Crippen LogP contribution in [0.1, 0.15) is 43.4 Å². The lowest BCUT2D eigenvalue weighted by Crippen LogP contribution is -2.48. The van der Waals surface area contributed by atoms with Crippen molar-refractivity contribution in [3.8, 4) is 0 Å². The summed E-state index contributed by atoms with van der Waals surface area (Å²) in [7, 11) is 0. The zero-order valence-electron chi connectivity index (χ0n) is 14.3. The van der Waals surface area contributed by atoms with Crippen LogP contribution in [0, 0.1) is 0 Å². The minimum atomic E-state index is 0.636. The van der Waals surface area contributed by atoms with Gasteiger partial charge in [-0.1, -0.05) is 54.5 Å². The van der Waals surface area contributed by atoms with Gasteiger partial charge >= 0.3 is 0 Å². The van der Waals surface area contributed by atoms with Crippen molar-refractivity contribution in [2.75, 3.05) is 0 Å². The Morgan fingerprint density at radius 3 is 2.62 bits per heavy atom. The number of benzene rings is 1. The maximum absolute atomic E-state index is 4.47. The number of pyridine rings is 1. The van der Waals surface area contributed by atoms with Crippen LogP contribution >= 0.6 is 0 Å². The van der Waals surface area contributed by atoms with Crippen molar-refractivity contribution in [2.45, 2.75) is 57.2 Å². The Balaban J connectivity index is 1.44. The fourth-order valence-corrected chi connectivity index (χ4v) is 4.27. The summed E-state index contributed by atoms with van der Waals surface area (Å²) in [6, 6.07) is 18.5. The largest absolute Gasteiger partial charge is 0.289 e. The van der Waals surface area contributed by atoms with Gasteiger partial charge in [-0.3, -0.25) is 9.88 Å². The highest BCUT2D eigenvalue weighted by Gasteiger charge is 2.33. The topological polar surface area (TPSA) is 16.1 Å². The Morgan fingerprint density at radius 2 is 1.83 bits per heavy atom. The number of hydrogen-bond acceptors (Lipinski definition) is 2. The predicted molar refractivity (Wildman–Crippen MR) is 98.7 cm³/mol. The fourth-order valence-electron chi connectivity index (χ4n) is 4.27. The van der Waals surface area contributed by atoms with Gasteiger partial charge in [-0.2, -0.15) is 0 Å². The summed E-state index contributed by atoms with van der Waals surface area (Å²) in [4.78, 5) is 7.21. The fraction of sp³-hybridized carbons (Fsp3) is 0.409. The molecule has 0 N–H and O–H groups in total. The third-order valence-corrected chi connectivity index (χ3v) is 5.49. The monoisotopic (exact) mass is 318 g/mol. The Labute approximate surface area is 145 Å². The van der Waals surface area contributed by atoms with Crippen LogP contribution in [0.2, 0.25) is 0 Å². The van der Waals surface area contributed by atoms with Gasteiger partial charge in [0.15, 0.2) is 0 Å². The lowest BCUT2D eigenvalue weighted by atomic mass is 9.83. The van der Waals surface area contributed by atoms with Crippen molar-refractivity contribution in [1.29, 1.82) is 0 Å². The molecule has 2 aromatic rings. The van der Waals surface area contributed by atoms with Gasteiger partial charge in [0.2, 0.25) is 0 Å². The minimum absolute atomic E-state index is 0.636. The second-order valence-corrected chi connectivity index (χ2v) is 7.16. The van der Waals surface area contributed by atoms with Gasteiger partial charge in [0, 0.05) is 30.5 Å². The molecule has 4 rings (SSSR count). The quantitative estimate of drug-likeness (QED) is 0.738. The van der Waals surface area contributed by atoms with Crippen molar-refractivity contribution in [1.82, 2.24) is 9.88 Å². The van der Waals surface area contributed by atoms with E-state index in [0.29, 0.717) is 6.04 Å². The maximum atomic E-state index is 4.47. The van der Waals surface area contributed by atoms with E-state index in [9.17, 15) is 0 Å². The molecular formula is C22H26N2. The van der Waals surface area contributed by atoms with Gasteiger partial charge in [-0.05, 0) is 49.8 Å². The molecule has 1 saturated heterocycles. The SMILES string of the molecule is C1=C(CCc2ccccn2)CC2CCCC1N2Cc1ccccc1. The molecule has 2 aliphatic rings. The molecule has 124 valence electrons. The number of hydrogen-bond donors (Lipinski definition) is 0. The standard InChI is InChI=1S/C22H26N2/c1-2-7-18(8-3-1)17-24-21-10-6-11-22(24)16-19(15-21)12-13-20-9-4-5-14-23-20/h1-5,7-9,14-15,21-22H,6,10-13,16-17H2. The lowest BCUT2D eigenvalue weighted by Gasteiger charge is -2.45. The molecule has 0 aliphatic carbocycles. The first kappa shape index (κ1) is 15.6. The van der Waals surface area contributed by atoms with Crippen LogP contribution in [0.5, 0.6) is 0 Å². The predicted octanol–water partition coefficient (Wildman–Crippen LogP) is 4.77. The average Bonchev–Trinajstić information content (AvgIpc) is 2.62. The van der Waals surface area contributed by atoms with Gasteiger partial charge in [-0.25, -0.2) is 0 Å². The summed E-state index contributed by atoms with van der Waals surface area (Å²) in [6.07, 6.45) is 12.0. The first-order valence-corrected chi connectivity index (χ1v) is 9.27. The summed E-state index contributed by atoms with van der Waals surface area (Å²) in [5.41, 5.74) is 4.31. The Kier molecular flexibility index (Phi) is 4.75. The number of rotatable bonds is 5. The van der Waals surface area contributed by atoms with Crippen LogP contribution in [0.15, 0.2) is 66.4 Å². The van der Waals surface area contributed by atoms with Crippen molar-refractivity contribution in [2.24, 2.45) is 0 Å². The normalized spacial score (nSPS) is 23.8. The molecule has 24 heavy (non-hydrogen) atoms. The van der Waals surface area contributed by atoms with Crippen molar-refractivity contribution in [3.05, 3.63) is 77.6 Å². The number of fused-ring (bicyclic) bond motifs is 2. The molecule has 0 spiro atoms. The molecule has 2 heteroatoms. The van der Waals surface area contributed by atoms with Crippen LogP contribution in [-0.4, -0.2) is 22.0 Å². The molecule has 1 aromatic carbocycles. The van der Waals surface area contributed by atoms with Crippen molar-refractivity contribution in [3.63, 3.8) is 0 Å². The summed E-state index contributed by atoms with van der Waals surface area (Å²) >= 11 is 0. The van der Waals surface area contributed by atoms with Crippen molar-refractivity contribution >= 4 is 0 Å². The molecule has 0 radical (unpaired) electrons. The third-order valence-electron chi connectivity index (χ3n) is 5.49. The highest BCUT2D eigenvalue weighted by molar-refractivity contribution is 5.20. The van der Waals surface area contributed by atoms with Crippen LogP contribution in [0.4, 0.5) is 0 Å². The summed E-state index contributed by atoms with van der Waals surface area (Å²) in [5, 5.41) is 0. The highest BCUT2D eigenvalue weighted by Crippen LogP contribution is 2.35. The first-order valence-electron chi connectivity index (χ1n) is 9.27. The molecule has 0 saturated carbocycles. The Hall–Kier alpha value is -1.93. The Morgan fingerprint density at radius 1 is 0.958 bits per heavy atom. The van der Waals surface area contributed by atoms with Crippen LogP contribution in [-0.2, 0) is 13.0 Å². The van der Waals surface area contributed by atoms with E-state index in [2.05, 4.69) is 58.4 Å². The number of aromatic nitrogens is 1. The summed E-state index contributed by atoms with van der Waals surface area (Å²) in [6.45, 7) is 1.10. The molecular weight excluding hydrogens is 292 g/mol. The van der Waals surface area contributed by atoms with Gasteiger partial charge in [0.25, 0.3) is 0 Å². The van der Waals surface area contributed by atoms with Crippen LogP contribution in [0.25, 0.3) is 0 Å². The average molecular weight is 318 g/mol. The van der Waals surface area contributed by atoms with Gasteiger partial charge in [0.1, 0.15) is 0 Å². The van der Waals surface area contributed by atoms with E-state index in [1.54, 1.807) is 5.57 Å². The second kappa shape index (κ2) is 7.31. The number of nitrogens with zero attached hydrogens (tertiary/aromatic N) is 2. The molecule has 1 aromatic heterocycles. The van der Waals surface area contributed by atoms with Gasteiger partial charge in [-0.15, -0.1) is 0 Å². The van der Waals surface area contributed by atoms with E-state index >= 15 is 0 Å². The van der Waals surface area contributed by atoms with Crippen LogP contribution in [0.3, 0.4) is 0 Å². The molecule has 3 heterocycles. The number of piperidine rings is 1. The zero-order chi connectivity index (χ0) is 16.2.